The van der Waals surface area contributed by atoms with Gasteiger partial charge in [-0.15, -0.1) is 0 Å². The number of benzene rings is 1. The summed E-state index contributed by atoms with van der Waals surface area (Å²) in [5.41, 5.74) is 4.81. The summed E-state index contributed by atoms with van der Waals surface area (Å²) in [5.74, 6) is 0.448. The van der Waals surface area contributed by atoms with Crippen molar-refractivity contribution in [2.24, 2.45) is 5.92 Å². The maximum Gasteiger partial charge on any atom is 0.338 e. The van der Waals surface area contributed by atoms with Gasteiger partial charge in [0.05, 0.1) is 30.6 Å². The van der Waals surface area contributed by atoms with E-state index >= 15 is 0 Å². The fourth-order valence-electron chi connectivity index (χ4n) is 4.28. The second-order valence-corrected chi connectivity index (χ2v) is 7.93. The monoisotopic (exact) mass is 389 g/mol. The number of esters is 1. The molecule has 0 spiro atoms. The molecule has 0 saturated heterocycles. The molecule has 2 aromatic heterocycles. The van der Waals surface area contributed by atoms with Crippen LogP contribution in [-0.4, -0.2) is 27.8 Å². The van der Waals surface area contributed by atoms with Crippen LogP contribution in [-0.2, 0) is 11.2 Å². The predicted molar refractivity (Wildman–Crippen MR) is 113 cm³/mol. The van der Waals surface area contributed by atoms with Gasteiger partial charge < -0.3 is 4.74 Å². The minimum Gasteiger partial charge on any atom is -0.465 e. The fourth-order valence-corrected chi connectivity index (χ4v) is 4.28. The zero-order valence-electron chi connectivity index (χ0n) is 17.0. The molecular formula is C24H27N3O2. The molecule has 1 fully saturated rings. The molecule has 0 bridgehead atoms. The van der Waals surface area contributed by atoms with Crippen molar-refractivity contribution in [2.75, 3.05) is 7.11 Å². The number of carbonyl (C=O) groups excluding carboxylic acids is 1. The third-order valence-corrected chi connectivity index (χ3v) is 5.98. The topological polar surface area (TPSA) is 57.0 Å². The predicted octanol–water partition coefficient (Wildman–Crippen LogP) is 5.07. The van der Waals surface area contributed by atoms with Gasteiger partial charge >= 0.3 is 5.97 Å². The van der Waals surface area contributed by atoms with Crippen molar-refractivity contribution in [3.05, 3.63) is 71.8 Å². The van der Waals surface area contributed by atoms with Crippen LogP contribution < -0.4 is 0 Å². The van der Waals surface area contributed by atoms with Crippen molar-refractivity contribution in [3.63, 3.8) is 0 Å². The molecule has 150 valence electrons. The number of hydrogen-bond acceptors (Lipinski definition) is 4. The molecule has 3 aromatic rings. The molecule has 5 nitrogen and oxygen atoms in total. The molecule has 0 unspecified atom stereocenters. The molecule has 29 heavy (non-hydrogen) atoms. The highest BCUT2D eigenvalue weighted by Crippen LogP contribution is 2.35. The highest BCUT2D eigenvalue weighted by atomic mass is 16.5. The van der Waals surface area contributed by atoms with E-state index in [9.17, 15) is 4.79 Å². The van der Waals surface area contributed by atoms with Crippen LogP contribution in [0.25, 0.3) is 11.1 Å². The average Bonchev–Trinajstić information content (AvgIpc) is 3.18. The molecule has 4 rings (SSSR count). The van der Waals surface area contributed by atoms with Gasteiger partial charge in [-0.3, -0.25) is 9.67 Å². The lowest BCUT2D eigenvalue weighted by Crippen LogP contribution is -2.20. The van der Waals surface area contributed by atoms with Crippen molar-refractivity contribution in [2.45, 2.75) is 45.1 Å². The van der Waals surface area contributed by atoms with Crippen LogP contribution in [0.4, 0.5) is 0 Å². The Kier molecular flexibility index (Phi) is 5.74. The van der Waals surface area contributed by atoms with Gasteiger partial charge in [0.15, 0.2) is 0 Å². The Bertz CT molecular complexity index is 973. The summed E-state index contributed by atoms with van der Waals surface area (Å²) >= 11 is 0. The zero-order valence-corrected chi connectivity index (χ0v) is 17.0. The number of hydrogen-bond donors (Lipinski definition) is 0. The summed E-state index contributed by atoms with van der Waals surface area (Å²) < 4.78 is 7.18. The molecule has 1 aliphatic carbocycles. The molecular weight excluding hydrogens is 362 g/mol. The van der Waals surface area contributed by atoms with Gasteiger partial charge in [0, 0.05) is 24.4 Å². The number of nitrogens with zero attached hydrogens (tertiary/aromatic N) is 3. The first-order valence-electron chi connectivity index (χ1n) is 10.3. The van der Waals surface area contributed by atoms with Crippen molar-refractivity contribution in [1.29, 1.82) is 0 Å². The van der Waals surface area contributed by atoms with E-state index in [0.29, 0.717) is 18.0 Å². The van der Waals surface area contributed by atoms with E-state index in [1.807, 2.05) is 24.4 Å². The average molecular weight is 389 g/mol. The smallest absolute Gasteiger partial charge is 0.338 e. The van der Waals surface area contributed by atoms with Crippen LogP contribution in [0.5, 0.6) is 0 Å². The number of rotatable bonds is 5. The summed E-state index contributed by atoms with van der Waals surface area (Å²) in [7, 11) is 1.41. The third kappa shape index (κ3) is 4.09. The minimum atomic E-state index is -0.332. The minimum absolute atomic E-state index is 0.332. The number of ether oxygens (including phenoxy) is 1. The molecule has 0 radical (unpaired) electrons. The SMILES string of the molecule is COC(=O)c1ccncc1Cc1c(-c2ccccc2)cnn1C1CCC(C)CC1. The Labute approximate surface area is 171 Å². The van der Waals surface area contributed by atoms with E-state index in [1.54, 1.807) is 18.5 Å². The van der Waals surface area contributed by atoms with Crippen LogP contribution in [0.1, 0.15) is 60.3 Å². The molecule has 0 amide bonds. The summed E-state index contributed by atoms with van der Waals surface area (Å²) in [6.07, 6.45) is 10.7. The first-order valence-corrected chi connectivity index (χ1v) is 10.3. The third-order valence-electron chi connectivity index (χ3n) is 5.98. The molecule has 5 heteroatoms. The van der Waals surface area contributed by atoms with Gasteiger partial charge in [0.1, 0.15) is 0 Å². The number of pyridine rings is 1. The van der Waals surface area contributed by atoms with E-state index < -0.39 is 0 Å². The Morgan fingerprint density at radius 3 is 2.59 bits per heavy atom. The molecule has 0 atom stereocenters. The van der Waals surface area contributed by atoms with Crippen molar-refractivity contribution in [3.8, 4) is 11.1 Å². The Morgan fingerprint density at radius 2 is 1.86 bits per heavy atom. The number of methoxy groups -OCH3 is 1. The molecule has 1 aliphatic rings. The first kappa shape index (κ1) is 19.4. The lowest BCUT2D eigenvalue weighted by molar-refractivity contribution is 0.0599. The maximum absolute atomic E-state index is 12.3. The summed E-state index contributed by atoms with van der Waals surface area (Å²) in [5, 5.41) is 4.81. The molecule has 2 heterocycles. The van der Waals surface area contributed by atoms with E-state index in [0.717, 1.165) is 41.1 Å². The van der Waals surface area contributed by atoms with Crippen molar-refractivity contribution in [1.82, 2.24) is 14.8 Å². The van der Waals surface area contributed by atoms with Gasteiger partial charge in [-0.2, -0.15) is 5.10 Å². The Morgan fingerprint density at radius 1 is 1.10 bits per heavy atom. The Balaban J connectivity index is 1.76. The van der Waals surface area contributed by atoms with Gasteiger partial charge in [-0.25, -0.2) is 4.79 Å². The summed E-state index contributed by atoms with van der Waals surface area (Å²) in [6.45, 7) is 2.33. The lowest BCUT2D eigenvalue weighted by Gasteiger charge is -2.28. The molecule has 0 aliphatic heterocycles. The number of aromatic nitrogens is 3. The standard InChI is InChI=1S/C24H27N3O2/c1-17-8-10-20(11-9-17)27-23(22(16-26-27)18-6-4-3-5-7-18)14-19-15-25-13-12-21(19)24(28)29-2/h3-7,12-13,15-17,20H,8-11,14H2,1-2H3. The number of carbonyl (C=O) groups is 1. The van der Waals surface area contributed by atoms with E-state index in [2.05, 4.69) is 28.7 Å². The highest BCUT2D eigenvalue weighted by molar-refractivity contribution is 5.91. The van der Waals surface area contributed by atoms with Gasteiger partial charge in [-0.1, -0.05) is 37.3 Å². The maximum atomic E-state index is 12.3. The Hall–Kier alpha value is -2.95. The normalized spacial score (nSPS) is 19.1. The summed E-state index contributed by atoms with van der Waals surface area (Å²) in [4.78, 5) is 16.5. The van der Waals surface area contributed by atoms with E-state index in [1.165, 1.54) is 20.0 Å². The first-order chi connectivity index (χ1) is 14.2. The van der Waals surface area contributed by atoms with Gasteiger partial charge in [0.25, 0.3) is 0 Å². The van der Waals surface area contributed by atoms with Crippen molar-refractivity contribution >= 4 is 5.97 Å². The van der Waals surface area contributed by atoms with Crippen LogP contribution >= 0.6 is 0 Å². The van der Waals surface area contributed by atoms with E-state index in [-0.39, 0.29) is 5.97 Å². The van der Waals surface area contributed by atoms with Crippen LogP contribution in [0.15, 0.2) is 55.0 Å². The van der Waals surface area contributed by atoms with Crippen LogP contribution in [0.2, 0.25) is 0 Å². The highest BCUT2D eigenvalue weighted by Gasteiger charge is 2.25. The summed E-state index contributed by atoms with van der Waals surface area (Å²) in [6, 6.07) is 12.5. The van der Waals surface area contributed by atoms with E-state index in [4.69, 9.17) is 9.84 Å². The van der Waals surface area contributed by atoms with Crippen molar-refractivity contribution < 1.29 is 9.53 Å². The fraction of sp³-hybridized carbons (Fsp3) is 0.375. The van der Waals surface area contributed by atoms with Gasteiger partial charge in [0.2, 0.25) is 0 Å². The molecule has 0 N–H and O–H groups in total. The van der Waals surface area contributed by atoms with Gasteiger partial charge in [-0.05, 0) is 48.8 Å². The quantitative estimate of drug-likeness (QED) is 0.572. The lowest BCUT2D eigenvalue weighted by atomic mass is 9.87. The largest absolute Gasteiger partial charge is 0.465 e. The molecule has 1 saturated carbocycles. The molecule has 1 aromatic carbocycles. The second kappa shape index (κ2) is 8.60. The zero-order chi connectivity index (χ0) is 20.2. The van der Waals surface area contributed by atoms with Crippen LogP contribution in [0.3, 0.4) is 0 Å². The van der Waals surface area contributed by atoms with Crippen LogP contribution in [0, 0.1) is 5.92 Å². The second-order valence-electron chi connectivity index (χ2n) is 7.93.